The lowest BCUT2D eigenvalue weighted by molar-refractivity contribution is 0.0987. The number of fused-ring (bicyclic) bond motifs is 2. The molecule has 6 rings (SSSR count). The average Bonchev–Trinajstić information content (AvgIpc) is 3.46. The van der Waals surface area contributed by atoms with Crippen molar-refractivity contribution in [3.05, 3.63) is 54.2 Å². The summed E-state index contributed by atoms with van der Waals surface area (Å²) in [6.45, 7) is 4.13. The van der Waals surface area contributed by atoms with Gasteiger partial charge < -0.3 is 14.6 Å². The van der Waals surface area contributed by atoms with Crippen LogP contribution < -0.4 is 4.90 Å². The van der Waals surface area contributed by atoms with Gasteiger partial charge in [-0.05, 0) is 31.2 Å². The highest BCUT2D eigenvalue weighted by molar-refractivity contribution is 7.18. The highest BCUT2D eigenvalue weighted by Gasteiger charge is 2.26. The summed E-state index contributed by atoms with van der Waals surface area (Å²) < 4.78 is 21.2. The number of anilines is 1. The SMILES string of the molecule is C[C@@H]1COCCN1c1nc(-c2ccnc3[nH]ccc23)nc2c(-c3cccnc3F)csc12. The Balaban J connectivity index is 1.64. The van der Waals surface area contributed by atoms with E-state index in [4.69, 9.17) is 14.7 Å². The van der Waals surface area contributed by atoms with Crippen LogP contribution in [0.4, 0.5) is 10.2 Å². The van der Waals surface area contributed by atoms with Crippen LogP contribution >= 0.6 is 11.3 Å². The van der Waals surface area contributed by atoms with Crippen molar-refractivity contribution in [1.29, 1.82) is 0 Å². The number of aromatic nitrogens is 5. The first-order valence-electron chi connectivity index (χ1n) is 10.4. The van der Waals surface area contributed by atoms with Gasteiger partial charge in [0.05, 0.1) is 29.5 Å². The average molecular weight is 447 g/mol. The molecule has 0 saturated carbocycles. The van der Waals surface area contributed by atoms with Crippen molar-refractivity contribution in [2.24, 2.45) is 0 Å². The molecule has 1 aliphatic rings. The Morgan fingerprint density at radius 3 is 2.94 bits per heavy atom. The van der Waals surface area contributed by atoms with Crippen LogP contribution in [0.3, 0.4) is 0 Å². The fourth-order valence-electron chi connectivity index (χ4n) is 4.19. The minimum Gasteiger partial charge on any atom is -0.377 e. The number of halogens is 1. The molecule has 32 heavy (non-hydrogen) atoms. The molecule has 1 atom stereocenters. The largest absolute Gasteiger partial charge is 0.377 e. The van der Waals surface area contributed by atoms with E-state index in [0.29, 0.717) is 24.6 Å². The van der Waals surface area contributed by atoms with Crippen LogP contribution in [-0.2, 0) is 4.74 Å². The zero-order valence-electron chi connectivity index (χ0n) is 17.2. The van der Waals surface area contributed by atoms with Crippen molar-refractivity contribution < 1.29 is 9.13 Å². The summed E-state index contributed by atoms with van der Waals surface area (Å²) in [5, 5.41) is 2.88. The number of ether oxygens (including phenoxy) is 1. The maximum atomic E-state index is 14.6. The number of nitrogens with one attached hydrogen (secondary N) is 1. The van der Waals surface area contributed by atoms with E-state index in [1.54, 1.807) is 18.3 Å². The highest BCUT2D eigenvalue weighted by Crippen LogP contribution is 2.40. The Morgan fingerprint density at radius 2 is 2.06 bits per heavy atom. The van der Waals surface area contributed by atoms with Crippen molar-refractivity contribution in [1.82, 2.24) is 24.9 Å². The Labute approximate surface area is 186 Å². The quantitative estimate of drug-likeness (QED) is 0.406. The van der Waals surface area contributed by atoms with E-state index >= 15 is 0 Å². The normalized spacial score (nSPS) is 16.8. The molecule has 1 saturated heterocycles. The summed E-state index contributed by atoms with van der Waals surface area (Å²) in [6.07, 6.45) is 5.05. The third-order valence-electron chi connectivity index (χ3n) is 5.79. The Kier molecular flexibility index (Phi) is 4.58. The van der Waals surface area contributed by atoms with Crippen LogP contribution in [0.1, 0.15) is 6.92 Å². The van der Waals surface area contributed by atoms with Crippen LogP contribution in [0, 0.1) is 5.95 Å². The van der Waals surface area contributed by atoms with Gasteiger partial charge in [-0.2, -0.15) is 4.39 Å². The zero-order valence-corrected chi connectivity index (χ0v) is 18.1. The molecule has 0 amide bonds. The lowest BCUT2D eigenvalue weighted by atomic mass is 10.1. The Bertz CT molecular complexity index is 1450. The molecule has 1 aliphatic heterocycles. The van der Waals surface area contributed by atoms with E-state index in [1.165, 1.54) is 17.5 Å². The number of thiophene rings is 1. The molecule has 0 spiro atoms. The third-order valence-corrected chi connectivity index (χ3v) is 6.75. The fraction of sp³-hybridized carbons (Fsp3) is 0.217. The predicted molar refractivity (Wildman–Crippen MR) is 123 cm³/mol. The van der Waals surface area contributed by atoms with Gasteiger partial charge in [0.25, 0.3) is 0 Å². The smallest absolute Gasteiger partial charge is 0.220 e. The monoisotopic (exact) mass is 446 g/mol. The van der Waals surface area contributed by atoms with E-state index in [0.717, 1.165) is 44.7 Å². The summed E-state index contributed by atoms with van der Waals surface area (Å²) in [6, 6.07) is 7.53. The molecular formula is C23H19FN6OS. The molecule has 9 heteroatoms. The number of pyridine rings is 2. The van der Waals surface area contributed by atoms with E-state index in [1.807, 2.05) is 23.7 Å². The molecule has 6 heterocycles. The standard InChI is InChI=1S/C23H19FN6OS/c1-13-11-31-10-9-30(13)23-19-18(17(12-32-19)14-3-2-6-25-20(14)24)28-22(29-23)16-5-8-27-21-15(16)4-7-26-21/h2-8,12-13H,9-11H2,1H3,(H,26,27)/t13-/m1/s1. The summed E-state index contributed by atoms with van der Waals surface area (Å²) in [4.78, 5) is 23.6. The first-order valence-corrected chi connectivity index (χ1v) is 11.3. The molecular weight excluding hydrogens is 427 g/mol. The maximum absolute atomic E-state index is 14.6. The van der Waals surface area contributed by atoms with Crippen molar-refractivity contribution in [2.75, 3.05) is 24.7 Å². The molecule has 7 nitrogen and oxygen atoms in total. The summed E-state index contributed by atoms with van der Waals surface area (Å²) in [5.74, 6) is 0.926. The number of H-pyrrole nitrogens is 1. The first-order chi connectivity index (χ1) is 15.7. The minimum atomic E-state index is -0.509. The van der Waals surface area contributed by atoms with Gasteiger partial charge in [-0.3, -0.25) is 0 Å². The van der Waals surface area contributed by atoms with Crippen LogP contribution in [0.5, 0.6) is 0 Å². The molecule has 5 aromatic heterocycles. The lowest BCUT2D eigenvalue weighted by Crippen LogP contribution is -2.44. The van der Waals surface area contributed by atoms with Gasteiger partial charge in [-0.15, -0.1) is 11.3 Å². The number of hydrogen-bond acceptors (Lipinski definition) is 7. The third kappa shape index (κ3) is 3.04. The van der Waals surface area contributed by atoms with Crippen molar-refractivity contribution in [3.63, 3.8) is 0 Å². The second kappa shape index (κ2) is 7.61. The molecule has 0 bridgehead atoms. The highest BCUT2D eigenvalue weighted by atomic mass is 32.1. The van der Waals surface area contributed by atoms with Crippen LogP contribution in [0.15, 0.2) is 48.2 Å². The van der Waals surface area contributed by atoms with E-state index in [-0.39, 0.29) is 6.04 Å². The van der Waals surface area contributed by atoms with Crippen molar-refractivity contribution in [3.8, 4) is 22.5 Å². The number of aromatic amines is 1. The zero-order chi connectivity index (χ0) is 21.7. The van der Waals surface area contributed by atoms with Gasteiger partial charge in [-0.25, -0.2) is 19.9 Å². The summed E-state index contributed by atoms with van der Waals surface area (Å²) in [5.41, 5.74) is 3.54. The first kappa shape index (κ1) is 19.3. The van der Waals surface area contributed by atoms with Gasteiger partial charge in [0.2, 0.25) is 5.95 Å². The van der Waals surface area contributed by atoms with E-state index in [9.17, 15) is 4.39 Å². The number of nitrogens with zero attached hydrogens (tertiary/aromatic N) is 5. The van der Waals surface area contributed by atoms with Crippen LogP contribution in [0.25, 0.3) is 43.8 Å². The van der Waals surface area contributed by atoms with Crippen molar-refractivity contribution in [2.45, 2.75) is 13.0 Å². The summed E-state index contributed by atoms with van der Waals surface area (Å²) in [7, 11) is 0. The molecule has 0 unspecified atom stereocenters. The molecule has 1 N–H and O–H groups in total. The second-order valence-electron chi connectivity index (χ2n) is 7.76. The lowest BCUT2D eigenvalue weighted by Gasteiger charge is -2.34. The molecule has 0 aromatic carbocycles. The summed E-state index contributed by atoms with van der Waals surface area (Å²) >= 11 is 1.53. The molecule has 160 valence electrons. The molecule has 5 aromatic rings. The molecule has 0 radical (unpaired) electrons. The number of morpholine rings is 1. The number of hydrogen-bond donors (Lipinski definition) is 1. The minimum absolute atomic E-state index is 0.167. The van der Waals surface area contributed by atoms with Gasteiger partial charge in [0.15, 0.2) is 11.6 Å². The maximum Gasteiger partial charge on any atom is 0.220 e. The van der Waals surface area contributed by atoms with Crippen LogP contribution in [-0.4, -0.2) is 50.7 Å². The van der Waals surface area contributed by atoms with Gasteiger partial charge in [0, 0.05) is 52.6 Å². The molecule has 0 aliphatic carbocycles. The van der Waals surface area contributed by atoms with Crippen molar-refractivity contribution >= 4 is 38.4 Å². The van der Waals surface area contributed by atoms with Gasteiger partial charge >= 0.3 is 0 Å². The topological polar surface area (TPSA) is 79.8 Å². The Morgan fingerprint density at radius 1 is 1.12 bits per heavy atom. The predicted octanol–water partition coefficient (Wildman–Crippen LogP) is 4.66. The van der Waals surface area contributed by atoms with Gasteiger partial charge in [-0.1, -0.05) is 0 Å². The number of rotatable bonds is 3. The van der Waals surface area contributed by atoms with E-state index in [2.05, 4.69) is 26.8 Å². The Hall–Kier alpha value is -3.43. The second-order valence-corrected chi connectivity index (χ2v) is 8.64. The fourth-order valence-corrected chi connectivity index (χ4v) is 5.20. The van der Waals surface area contributed by atoms with Gasteiger partial charge in [0.1, 0.15) is 5.65 Å². The van der Waals surface area contributed by atoms with Crippen LogP contribution in [0.2, 0.25) is 0 Å². The van der Waals surface area contributed by atoms with E-state index < -0.39 is 5.95 Å². The molecule has 1 fully saturated rings.